The van der Waals surface area contributed by atoms with Gasteiger partial charge in [-0.25, -0.2) is 4.98 Å². The molecule has 17 heavy (non-hydrogen) atoms. The Labute approximate surface area is 104 Å². The number of fused-ring (bicyclic) bond motifs is 1. The minimum atomic E-state index is 0.272. The standard InChI is InChI=1S/C11H15N5S/c1-3-9-13-8(6-17-9)11-15-14-10-7(2)12-4-5-16(10)11/h6-7,12H,3-5H2,1-2H3. The molecule has 1 N–H and O–H groups in total. The highest BCUT2D eigenvalue weighted by atomic mass is 32.1. The number of hydrogen-bond donors (Lipinski definition) is 1. The van der Waals surface area contributed by atoms with Crippen LogP contribution in [0, 0.1) is 0 Å². The molecule has 0 radical (unpaired) electrons. The molecule has 6 heteroatoms. The van der Waals surface area contributed by atoms with E-state index in [-0.39, 0.29) is 6.04 Å². The molecule has 1 aliphatic heterocycles. The fourth-order valence-electron chi connectivity index (χ4n) is 2.11. The summed E-state index contributed by atoms with van der Waals surface area (Å²) < 4.78 is 2.18. The van der Waals surface area contributed by atoms with E-state index >= 15 is 0 Å². The van der Waals surface area contributed by atoms with Crippen LogP contribution in [0.3, 0.4) is 0 Å². The monoisotopic (exact) mass is 249 g/mol. The van der Waals surface area contributed by atoms with Crippen LogP contribution in [0.1, 0.15) is 30.7 Å². The van der Waals surface area contributed by atoms with Crippen LogP contribution in [-0.4, -0.2) is 26.3 Å². The summed E-state index contributed by atoms with van der Waals surface area (Å²) in [5, 5.41) is 15.2. The third kappa shape index (κ3) is 1.77. The van der Waals surface area contributed by atoms with Gasteiger partial charge in [0, 0.05) is 18.5 Å². The van der Waals surface area contributed by atoms with Crippen molar-refractivity contribution in [2.75, 3.05) is 6.54 Å². The predicted octanol–water partition coefficient (Wildman–Crippen LogP) is 1.63. The lowest BCUT2D eigenvalue weighted by Crippen LogP contribution is -2.32. The molecule has 0 spiro atoms. The Kier molecular flexibility index (Phi) is 2.68. The zero-order valence-corrected chi connectivity index (χ0v) is 10.8. The van der Waals surface area contributed by atoms with E-state index in [1.165, 1.54) is 0 Å². The third-order valence-corrected chi connectivity index (χ3v) is 4.03. The minimum absolute atomic E-state index is 0.272. The molecule has 0 saturated heterocycles. The number of nitrogens with one attached hydrogen (secondary N) is 1. The van der Waals surface area contributed by atoms with Gasteiger partial charge in [-0.2, -0.15) is 0 Å². The van der Waals surface area contributed by atoms with Crippen molar-refractivity contribution in [2.24, 2.45) is 0 Å². The molecule has 1 unspecified atom stereocenters. The van der Waals surface area contributed by atoms with Crippen molar-refractivity contribution in [3.8, 4) is 11.5 Å². The van der Waals surface area contributed by atoms with Gasteiger partial charge in [0.1, 0.15) is 11.5 Å². The van der Waals surface area contributed by atoms with Crippen molar-refractivity contribution in [1.82, 2.24) is 25.1 Å². The van der Waals surface area contributed by atoms with Gasteiger partial charge in [0.25, 0.3) is 0 Å². The van der Waals surface area contributed by atoms with Crippen LogP contribution in [0.4, 0.5) is 0 Å². The first-order valence-corrected chi connectivity index (χ1v) is 6.78. The van der Waals surface area contributed by atoms with Crippen LogP contribution >= 0.6 is 11.3 Å². The smallest absolute Gasteiger partial charge is 0.183 e. The first kappa shape index (κ1) is 10.9. The molecule has 0 fully saturated rings. The van der Waals surface area contributed by atoms with E-state index in [9.17, 15) is 0 Å². The Morgan fingerprint density at radius 1 is 1.53 bits per heavy atom. The molecule has 0 bridgehead atoms. The van der Waals surface area contributed by atoms with Crippen molar-refractivity contribution >= 4 is 11.3 Å². The zero-order valence-electron chi connectivity index (χ0n) is 9.97. The van der Waals surface area contributed by atoms with Crippen LogP contribution < -0.4 is 5.32 Å². The maximum absolute atomic E-state index is 4.58. The summed E-state index contributed by atoms with van der Waals surface area (Å²) in [7, 11) is 0. The topological polar surface area (TPSA) is 55.6 Å². The third-order valence-electron chi connectivity index (χ3n) is 3.04. The highest BCUT2D eigenvalue weighted by Crippen LogP contribution is 2.24. The van der Waals surface area contributed by atoms with Crippen molar-refractivity contribution in [2.45, 2.75) is 32.9 Å². The molecule has 3 rings (SSSR count). The molecular formula is C11H15N5S. The molecule has 5 nitrogen and oxygen atoms in total. The van der Waals surface area contributed by atoms with Crippen LogP contribution in [0.15, 0.2) is 5.38 Å². The van der Waals surface area contributed by atoms with Crippen LogP contribution in [0.5, 0.6) is 0 Å². The summed E-state index contributed by atoms with van der Waals surface area (Å²) in [6.07, 6.45) is 0.976. The molecular weight excluding hydrogens is 234 g/mol. The second-order valence-electron chi connectivity index (χ2n) is 4.19. The Bertz CT molecular complexity index is 530. The predicted molar refractivity (Wildman–Crippen MR) is 66.9 cm³/mol. The van der Waals surface area contributed by atoms with Gasteiger partial charge in [0.15, 0.2) is 5.82 Å². The molecule has 0 aromatic carbocycles. The zero-order chi connectivity index (χ0) is 11.8. The lowest BCUT2D eigenvalue weighted by Gasteiger charge is -2.21. The number of nitrogens with zero attached hydrogens (tertiary/aromatic N) is 4. The largest absolute Gasteiger partial charge is 0.307 e. The Balaban J connectivity index is 2.03. The van der Waals surface area contributed by atoms with Gasteiger partial charge in [0.05, 0.1) is 11.0 Å². The number of rotatable bonds is 2. The van der Waals surface area contributed by atoms with E-state index in [4.69, 9.17) is 0 Å². The quantitative estimate of drug-likeness (QED) is 0.879. The Hall–Kier alpha value is -1.27. The average Bonchev–Trinajstić information content (AvgIpc) is 2.94. The molecule has 0 amide bonds. The van der Waals surface area contributed by atoms with Gasteiger partial charge in [-0.1, -0.05) is 6.92 Å². The molecule has 1 aliphatic rings. The van der Waals surface area contributed by atoms with E-state index in [0.29, 0.717) is 0 Å². The van der Waals surface area contributed by atoms with Crippen molar-refractivity contribution in [1.29, 1.82) is 0 Å². The molecule has 2 aromatic rings. The Morgan fingerprint density at radius 3 is 3.18 bits per heavy atom. The second kappa shape index (κ2) is 4.19. The average molecular weight is 249 g/mol. The van der Waals surface area contributed by atoms with E-state index in [1.807, 2.05) is 0 Å². The molecule has 90 valence electrons. The molecule has 3 heterocycles. The Morgan fingerprint density at radius 2 is 2.41 bits per heavy atom. The fraction of sp³-hybridized carbons (Fsp3) is 0.545. The van der Waals surface area contributed by atoms with Gasteiger partial charge in [0.2, 0.25) is 0 Å². The lowest BCUT2D eigenvalue weighted by molar-refractivity contribution is 0.439. The molecule has 0 saturated carbocycles. The van der Waals surface area contributed by atoms with Gasteiger partial charge in [-0.3, -0.25) is 0 Å². The van der Waals surface area contributed by atoms with Crippen LogP contribution in [0.25, 0.3) is 11.5 Å². The second-order valence-corrected chi connectivity index (χ2v) is 5.13. The highest BCUT2D eigenvalue weighted by molar-refractivity contribution is 7.09. The summed E-state index contributed by atoms with van der Waals surface area (Å²) in [4.78, 5) is 4.58. The van der Waals surface area contributed by atoms with E-state index in [2.05, 4.69) is 44.3 Å². The SMILES string of the molecule is CCc1nc(-c2nnc3n2CCNC3C)cs1. The molecule has 2 aromatic heterocycles. The van der Waals surface area contributed by atoms with Crippen molar-refractivity contribution in [3.05, 3.63) is 16.2 Å². The van der Waals surface area contributed by atoms with Crippen molar-refractivity contribution < 1.29 is 0 Å². The number of aryl methyl sites for hydroxylation is 1. The van der Waals surface area contributed by atoms with Gasteiger partial charge >= 0.3 is 0 Å². The first-order chi connectivity index (χ1) is 8.29. The lowest BCUT2D eigenvalue weighted by atomic mass is 10.2. The maximum Gasteiger partial charge on any atom is 0.183 e. The first-order valence-electron chi connectivity index (χ1n) is 5.91. The summed E-state index contributed by atoms with van der Waals surface area (Å²) in [6, 6.07) is 0.272. The highest BCUT2D eigenvalue weighted by Gasteiger charge is 2.22. The summed E-state index contributed by atoms with van der Waals surface area (Å²) in [6.45, 7) is 6.11. The van der Waals surface area contributed by atoms with Crippen LogP contribution in [0.2, 0.25) is 0 Å². The van der Waals surface area contributed by atoms with Gasteiger partial charge in [-0.15, -0.1) is 21.5 Å². The van der Waals surface area contributed by atoms with E-state index in [1.54, 1.807) is 11.3 Å². The fourth-order valence-corrected chi connectivity index (χ4v) is 2.83. The number of thiazole rings is 1. The summed E-state index contributed by atoms with van der Waals surface area (Å²) >= 11 is 1.69. The normalized spacial score (nSPS) is 19.3. The number of hydrogen-bond acceptors (Lipinski definition) is 5. The van der Waals surface area contributed by atoms with Crippen molar-refractivity contribution in [3.63, 3.8) is 0 Å². The molecule has 1 atom stereocenters. The number of aromatic nitrogens is 4. The maximum atomic E-state index is 4.58. The van der Waals surface area contributed by atoms with E-state index < -0.39 is 0 Å². The van der Waals surface area contributed by atoms with Crippen LogP contribution in [-0.2, 0) is 13.0 Å². The molecule has 0 aliphatic carbocycles. The van der Waals surface area contributed by atoms with Gasteiger partial charge in [-0.05, 0) is 13.3 Å². The summed E-state index contributed by atoms with van der Waals surface area (Å²) in [5.74, 6) is 1.92. The van der Waals surface area contributed by atoms with E-state index in [0.717, 1.165) is 41.9 Å². The summed E-state index contributed by atoms with van der Waals surface area (Å²) in [5.41, 5.74) is 0.958. The minimum Gasteiger partial charge on any atom is -0.307 e. The van der Waals surface area contributed by atoms with Gasteiger partial charge < -0.3 is 9.88 Å².